The van der Waals surface area contributed by atoms with Crippen LogP contribution in [-0.2, 0) is 9.05 Å². The first-order valence-corrected chi connectivity index (χ1v) is 8.47. The zero-order chi connectivity index (χ0) is 15.7. The fourth-order valence-corrected chi connectivity index (χ4v) is 4.00. The summed E-state index contributed by atoms with van der Waals surface area (Å²) in [5, 5.41) is 1.27. The summed E-state index contributed by atoms with van der Waals surface area (Å²) < 4.78 is 58.5. The molecule has 0 saturated carbocycles. The van der Waals surface area contributed by atoms with Gasteiger partial charge < -0.3 is 4.90 Å². The number of rotatable bonds is 4. The van der Waals surface area contributed by atoms with Gasteiger partial charge in [-0.1, -0.05) is 0 Å². The van der Waals surface area contributed by atoms with Gasteiger partial charge in [-0.2, -0.15) is 13.2 Å². The van der Waals surface area contributed by atoms with Crippen LogP contribution in [0.5, 0.6) is 0 Å². The van der Waals surface area contributed by atoms with Crippen molar-refractivity contribution in [2.24, 2.45) is 0 Å². The van der Waals surface area contributed by atoms with Crippen molar-refractivity contribution in [3.63, 3.8) is 0 Å². The molecule has 0 unspecified atom stereocenters. The molecular weight excluding hydrogens is 339 g/mol. The number of alkyl halides is 3. The van der Waals surface area contributed by atoms with E-state index < -0.39 is 34.1 Å². The van der Waals surface area contributed by atoms with Crippen molar-refractivity contribution in [3.05, 3.63) is 16.5 Å². The number of nitrogens with zero attached hydrogens (tertiary/aromatic N) is 1. The van der Waals surface area contributed by atoms with Gasteiger partial charge in [0.25, 0.3) is 15.0 Å². The molecule has 0 bridgehead atoms. The first-order chi connectivity index (χ1) is 8.93. The molecule has 0 fully saturated rings. The molecule has 20 heavy (non-hydrogen) atoms. The van der Waals surface area contributed by atoms with Gasteiger partial charge in [-0.05, 0) is 12.5 Å². The van der Waals surface area contributed by atoms with Gasteiger partial charge in [0, 0.05) is 29.7 Å². The van der Waals surface area contributed by atoms with Gasteiger partial charge in [0.15, 0.2) is 0 Å². The van der Waals surface area contributed by atoms with E-state index in [4.69, 9.17) is 10.7 Å². The molecule has 0 radical (unpaired) electrons. The van der Waals surface area contributed by atoms with Gasteiger partial charge in [0.1, 0.15) is 4.21 Å². The number of carbonyl (C=O) groups is 1. The van der Waals surface area contributed by atoms with Crippen LogP contribution in [0.1, 0.15) is 22.3 Å². The van der Waals surface area contributed by atoms with Crippen LogP contribution >= 0.6 is 22.0 Å². The zero-order valence-electron chi connectivity index (χ0n) is 10.5. The van der Waals surface area contributed by atoms with E-state index in [1.807, 2.05) is 0 Å². The van der Waals surface area contributed by atoms with Gasteiger partial charge in [-0.25, -0.2) is 8.42 Å². The maximum absolute atomic E-state index is 12.1. The Kier molecular flexibility index (Phi) is 5.09. The molecule has 0 aliphatic carbocycles. The van der Waals surface area contributed by atoms with Gasteiger partial charge >= 0.3 is 6.18 Å². The third-order valence-corrected chi connectivity index (χ3v) is 5.83. The molecule has 0 aliphatic heterocycles. The maximum Gasteiger partial charge on any atom is 0.390 e. The summed E-state index contributed by atoms with van der Waals surface area (Å²) in [4.78, 5) is 12.8. The van der Waals surface area contributed by atoms with Gasteiger partial charge in [-0.3, -0.25) is 4.79 Å². The van der Waals surface area contributed by atoms with E-state index in [0.717, 1.165) is 16.2 Å². The Morgan fingerprint density at radius 2 is 2.00 bits per heavy atom. The average Bonchev–Trinajstić information content (AvgIpc) is 2.65. The SMILES string of the molecule is Cc1c(C(=O)N(C)CCC(F)(F)F)csc1S(=O)(=O)Cl. The summed E-state index contributed by atoms with van der Waals surface area (Å²) in [6.07, 6.45) is -5.48. The molecule has 0 N–H and O–H groups in total. The van der Waals surface area contributed by atoms with Crippen LogP contribution in [0.3, 0.4) is 0 Å². The lowest BCUT2D eigenvalue weighted by Crippen LogP contribution is -2.30. The van der Waals surface area contributed by atoms with Crippen molar-refractivity contribution in [2.45, 2.75) is 23.7 Å². The first-order valence-electron chi connectivity index (χ1n) is 5.28. The molecule has 1 heterocycles. The molecule has 1 amide bonds. The summed E-state index contributed by atoms with van der Waals surface area (Å²) in [5.41, 5.74) is 0.188. The van der Waals surface area contributed by atoms with Crippen molar-refractivity contribution >= 4 is 37.0 Å². The van der Waals surface area contributed by atoms with Crippen LogP contribution in [0.2, 0.25) is 0 Å². The standard InChI is InChI=1S/C10H11ClF3NO3S2/c1-6-7(5-19-9(6)20(11,17)18)8(16)15(2)4-3-10(12,13)14/h5H,3-4H2,1-2H3. The smallest absolute Gasteiger partial charge is 0.341 e. The zero-order valence-corrected chi connectivity index (χ0v) is 12.9. The van der Waals surface area contributed by atoms with Crippen molar-refractivity contribution in [3.8, 4) is 0 Å². The van der Waals surface area contributed by atoms with Gasteiger partial charge in [0.2, 0.25) is 0 Å². The lowest BCUT2D eigenvalue weighted by atomic mass is 10.2. The molecule has 1 rings (SSSR count). The van der Waals surface area contributed by atoms with Crippen LogP contribution in [0.15, 0.2) is 9.59 Å². The molecule has 0 aromatic carbocycles. The van der Waals surface area contributed by atoms with Crippen LogP contribution in [0.25, 0.3) is 0 Å². The highest BCUT2D eigenvalue weighted by atomic mass is 35.7. The van der Waals surface area contributed by atoms with Crippen molar-refractivity contribution < 1.29 is 26.4 Å². The maximum atomic E-state index is 12.1. The lowest BCUT2D eigenvalue weighted by molar-refractivity contribution is -0.136. The van der Waals surface area contributed by atoms with Crippen LogP contribution < -0.4 is 0 Å². The van der Waals surface area contributed by atoms with Crippen LogP contribution in [0.4, 0.5) is 13.2 Å². The highest BCUT2D eigenvalue weighted by Gasteiger charge is 2.29. The molecule has 0 atom stereocenters. The van der Waals surface area contributed by atoms with Crippen LogP contribution in [0, 0.1) is 6.92 Å². The number of amides is 1. The molecular formula is C10H11ClF3NO3S2. The Morgan fingerprint density at radius 3 is 2.40 bits per heavy atom. The normalized spacial score (nSPS) is 12.5. The van der Waals surface area contributed by atoms with E-state index in [9.17, 15) is 26.4 Å². The monoisotopic (exact) mass is 349 g/mol. The van der Waals surface area contributed by atoms with E-state index in [2.05, 4.69) is 0 Å². The minimum Gasteiger partial charge on any atom is -0.341 e. The molecule has 0 saturated heterocycles. The largest absolute Gasteiger partial charge is 0.390 e. The Bertz CT molecular complexity index is 610. The number of carbonyl (C=O) groups excluding carboxylic acids is 1. The van der Waals surface area contributed by atoms with E-state index in [0.29, 0.717) is 0 Å². The average molecular weight is 350 g/mol. The third-order valence-electron chi connectivity index (χ3n) is 2.52. The van der Waals surface area contributed by atoms with Crippen molar-refractivity contribution in [2.75, 3.05) is 13.6 Å². The fraction of sp³-hybridized carbons (Fsp3) is 0.500. The number of thiophene rings is 1. The van der Waals surface area contributed by atoms with Crippen molar-refractivity contribution in [1.29, 1.82) is 0 Å². The number of hydrogen-bond donors (Lipinski definition) is 0. The third kappa shape index (κ3) is 4.35. The fourth-order valence-electron chi connectivity index (χ4n) is 1.45. The molecule has 1 aromatic rings. The Hall–Kier alpha value is -0.800. The second-order valence-corrected chi connectivity index (χ2v) is 7.73. The second-order valence-electron chi connectivity index (χ2n) is 4.09. The Morgan fingerprint density at radius 1 is 1.45 bits per heavy atom. The highest BCUT2D eigenvalue weighted by Crippen LogP contribution is 2.30. The number of halogens is 4. The Labute approximate surface area is 122 Å². The summed E-state index contributed by atoms with van der Waals surface area (Å²) in [6, 6.07) is 0. The molecule has 114 valence electrons. The molecule has 4 nitrogen and oxygen atoms in total. The summed E-state index contributed by atoms with van der Waals surface area (Å²) in [5.74, 6) is -0.672. The second kappa shape index (κ2) is 5.90. The minimum atomic E-state index is -4.36. The quantitative estimate of drug-likeness (QED) is 0.785. The van der Waals surface area contributed by atoms with Crippen LogP contribution in [-0.4, -0.2) is 39.0 Å². The lowest BCUT2D eigenvalue weighted by Gasteiger charge is -2.18. The highest BCUT2D eigenvalue weighted by molar-refractivity contribution is 8.15. The summed E-state index contributed by atoms with van der Waals surface area (Å²) in [7, 11) is 2.45. The van der Waals surface area contributed by atoms with E-state index >= 15 is 0 Å². The van der Waals surface area contributed by atoms with Gasteiger partial charge in [-0.15, -0.1) is 11.3 Å². The van der Waals surface area contributed by atoms with Crippen molar-refractivity contribution in [1.82, 2.24) is 4.90 Å². The molecule has 0 aliphatic rings. The molecule has 0 spiro atoms. The summed E-state index contributed by atoms with van der Waals surface area (Å²) in [6.45, 7) is 0.886. The first kappa shape index (κ1) is 17.3. The predicted molar refractivity (Wildman–Crippen MR) is 69.7 cm³/mol. The summed E-state index contributed by atoms with van der Waals surface area (Å²) >= 11 is 0.763. The molecule has 1 aromatic heterocycles. The topological polar surface area (TPSA) is 54.5 Å². The number of hydrogen-bond acceptors (Lipinski definition) is 4. The van der Waals surface area contributed by atoms with E-state index in [1.165, 1.54) is 19.4 Å². The molecule has 10 heteroatoms. The Balaban J connectivity index is 2.91. The van der Waals surface area contributed by atoms with E-state index in [-0.39, 0.29) is 15.3 Å². The van der Waals surface area contributed by atoms with Gasteiger partial charge in [0.05, 0.1) is 12.0 Å². The van der Waals surface area contributed by atoms with E-state index in [1.54, 1.807) is 0 Å². The predicted octanol–water partition coefficient (Wildman–Crippen LogP) is 3.01. The minimum absolute atomic E-state index is 0.0406.